The molecular weight excluding hydrogens is 255 g/mol. The molecule has 0 aliphatic carbocycles. The normalized spacial score (nSPS) is 11.5. The largest absolute Gasteiger partial charge is 0.428 e. The van der Waals surface area contributed by atoms with Crippen molar-refractivity contribution in [1.82, 2.24) is 9.36 Å². The Kier molecular flexibility index (Phi) is 2.88. The predicted molar refractivity (Wildman–Crippen MR) is 55.8 cm³/mol. The van der Waals surface area contributed by atoms with Gasteiger partial charge in [-0.2, -0.15) is 22.5 Å². The van der Waals surface area contributed by atoms with E-state index in [-0.39, 0.29) is 16.6 Å². The number of nitrogens with two attached hydrogens (primary N) is 1. The molecule has 8 heteroatoms. The van der Waals surface area contributed by atoms with Gasteiger partial charge >= 0.3 is 6.18 Å². The van der Waals surface area contributed by atoms with Gasteiger partial charge in [-0.1, -0.05) is 0 Å². The highest BCUT2D eigenvalue weighted by atomic mass is 32.1. The Balaban J connectivity index is 2.26. The Morgan fingerprint density at radius 3 is 2.59 bits per heavy atom. The Labute approximate surface area is 98.0 Å². The lowest BCUT2D eigenvalue weighted by atomic mass is 10.2. The summed E-state index contributed by atoms with van der Waals surface area (Å²) in [6, 6.07) is 2.86. The summed E-state index contributed by atoms with van der Waals surface area (Å²) in [6.45, 7) is 0. The molecular formula is C9H6F3N3OS. The van der Waals surface area contributed by atoms with E-state index in [4.69, 9.17) is 10.5 Å². The summed E-state index contributed by atoms with van der Waals surface area (Å²) in [6.07, 6.45) is -3.14. The van der Waals surface area contributed by atoms with Gasteiger partial charge in [0.05, 0.1) is 11.3 Å². The zero-order valence-electron chi connectivity index (χ0n) is 8.23. The molecule has 17 heavy (non-hydrogen) atoms. The summed E-state index contributed by atoms with van der Waals surface area (Å²) in [5, 5.41) is 0.219. The lowest BCUT2D eigenvalue weighted by molar-refractivity contribution is -0.137. The van der Waals surface area contributed by atoms with Crippen molar-refractivity contribution in [1.29, 1.82) is 0 Å². The molecule has 0 radical (unpaired) electrons. The fourth-order valence-corrected chi connectivity index (χ4v) is 1.53. The van der Waals surface area contributed by atoms with Gasteiger partial charge in [-0.25, -0.2) is 0 Å². The van der Waals surface area contributed by atoms with Crippen LogP contribution in [0, 0.1) is 0 Å². The van der Waals surface area contributed by atoms with Gasteiger partial charge in [-0.05, 0) is 18.2 Å². The highest BCUT2D eigenvalue weighted by molar-refractivity contribution is 7.07. The van der Waals surface area contributed by atoms with Crippen molar-refractivity contribution in [3.8, 4) is 10.9 Å². The molecule has 0 fully saturated rings. The maximum Gasteiger partial charge on any atom is 0.416 e. The number of nitrogens with zero attached hydrogens (tertiary/aromatic N) is 2. The highest BCUT2D eigenvalue weighted by Gasteiger charge is 2.31. The van der Waals surface area contributed by atoms with Crippen molar-refractivity contribution >= 4 is 17.2 Å². The second-order valence-electron chi connectivity index (χ2n) is 3.06. The Morgan fingerprint density at radius 2 is 2.06 bits per heavy atom. The minimum Gasteiger partial charge on any atom is -0.428 e. The first-order chi connectivity index (χ1) is 7.97. The fourth-order valence-electron chi connectivity index (χ4n) is 1.12. The molecule has 0 spiro atoms. The van der Waals surface area contributed by atoms with Crippen LogP contribution >= 0.6 is 11.5 Å². The highest BCUT2D eigenvalue weighted by Crippen LogP contribution is 2.35. The van der Waals surface area contributed by atoms with E-state index in [2.05, 4.69) is 9.36 Å². The molecule has 0 atom stereocenters. The van der Waals surface area contributed by atoms with Crippen LogP contribution in [0.15, 0.2) is 24.5 Å². The number of aromatic nitrogens is 2. The Hall–Kier alpha value is -1.83. The molecule has 2 aromatic rings. The van der Waals surface area contributed by atoms with E-state index in [1.165, 1.54) is 6.33 Å². The van der Waals surface area contributed by atoms with Crippen LogP contribution < -0.4 is 10.5 Å². The third-order valence-corrected chi connectivity index (χ3v) is 2.42. The van der Waals surface area contributed by atoms with E-state index in [1.54, 1.807) is 0 Å². The quantitative estimate of drug-likeness (QED) is 0.844. The summed E-state index contributed by atoms with van der Waals surface area (Å²) in [5.74, 6) is 0.120. The maximum absolute atomic E-state index is 12.4. The van der Waals surface area contributed by atoms with Crippen LogP contribution in [0.25, 0.3) is 0 Å². The van der Waals surface area contributed by atoms with Crippen LogP contribution in [-0.4, -0.2) is 9.36 Å². The van der Waals surface area contributed by atoms with Crippen molar-refractivity contribution in [2.24, 2.45) is 0 Å². The van der Waals surface area contributed by atoms with Crippen LogP contribution in [0.3, 0.4) is 0 Å². The molecule has 0 aliphatic rings. The van der Waals surface area contributed by atoms with E-state index in [0.717, 1.165) is 29.7 Å². The molecule has 2 rings (SSSR count). The second kappa shape index (κ2) is 4.21. The summed E-state index contributed by atoms with van der Waals surface area (Å²) >= 11 is 0.975. The Morgan fingerprint density at radius 1 is 1.29 bits per heavy atom. The molecule has 0 aliphatic heterocycles. The van der Waals surface area contributed by atoms with E-state index in [0.29, 0.717) is 0 Å². The summed E-state index contributed by atoms with van der Waals surface area (Å²) in [7, 11) is 0. The smallest absolute Gasteiger partial charge is 0.416 e. The number of nitrogen functional groups attached to an aromatic ring is 1. The third-order valence-electron chi connectivity index (χ3n) is 1.88. The molecule has 0 saturated carbocycles. The molecule has 1 heterocycles. The van der Waals surface area contributed by atoms with E-state index in [1.807, 2.05) is 0 Å². The minimum atomic E-state index is -4.42. The molecule has 0 bridgehead atoms. The van der Waals surface area contributed by atoms with Crippen LogP contribution in [0.5, 0.6) is 10.9 Å². The first-order valence-corrected chi connectivity index (χ1v) is 5.15. The van der Waals surface area contributed by atoms with Gasteiger partial charge in [0.2, 0.25) is 0 Å². The molecule has 1 aromatic heterocycles. The molecule has 2 N–H and O–H groups in total. The van der Waals surface area contributed by atoms with Gasteiger partial charge in [0.25, 0.3) is 5.19 Å². The zero-order chi connectivity index (χ0) is 12.5. The number of benzene rings is 1. The van der Waals surface area contributed by atoms with Gasteiger partial charge < -0.3 is 10.5 Å². The lowest BCUT2D eigenvalue weighted by Crippen LogP contribution is -2.05. The molecule has 1 aromatic carbocycles. The standard InChI is InChI=1S/C9H6F3N3OS/c10-9(11,12)5-1-2-7(6(13)3-5)16-8-14-4-15-17-8/h1-4H,13H2. The van der Waals surface area contributed by atoms with Gasteiger partial charge in [0, 0.05) is 11.5 Å². The van der Waals surface area contributed by atoms with Crippen molar-refractivity contribution in [3.63, 3.8) is 0 Å². The van der Waals surface area contributed by atoms with Crippen LogP contribution in [0.2, 0.25) is 0 Å². The Bertz CT molecular complexity index is 513. The molecule has 90 valence electrons. The van der Waals surface area contributed by atoms with Crippen LogP contribution in [-0.2, 0) is 6.18 Å². The number of anilines is 1. The number of hydrogen-bond donors (Lipinski definition) is 1. The van der Waals surface area contributed by atoms with Crippen molar-refractivity contribution in [3.05, 3.63) is 30.1 Å². The molecule has 4 nitrogen and oxygen atoms in total. The third kappa shape index (κ3) is 2.64. The van der Waals surface area contributed by atoms with Gasteiger partial charge in [0.15, 0.2) is 5.75 Å². The maximum atomic E-state index is 12.4. The number of rotatable bonds is 2. The summed E-state index contributed by atoms with van der Waals surface area (Å²) in [4.78, 5) is 3.73. The summed E-state index contributed by atoms with van der Waals surface area (Å²) in [5.41, 5.74) is 4.54. The number of hydrogen-bond acceptors (Lipinski definition) is 5. The molecule has 0 amide bonds. The first kappa shape index (κ1) is 11.6. The topological polar surface area (TPSA) is 61.0 Å². The lowest BCUT2D eigenvalue weighted by Gasteiger charge is -2.10. The average Bonchev–Trinajstić information content (AvgIpc) is 2.72. The SMILES string of the molecule is Nc1cc(C(F)(F)F)ccc1Oc1ncns1. The molecule has 0 unspecified atom stereocenters. The average molecular weight is 261 g/mol. The number of ether oxygens (including phenoxy) is 1. The monoisotopic (exact) mass is 261 g/mol. The van der Waals surface area contributed by atoms with Crippen LogP contribution in [0.1, 0.15) is 5.56 Å². The van der Waals surface area contributed by atoms with E-state index >= 15 is 0 Å². The summed E-state index contributed by atoms with van der Waals surface area (Å²) < 4.78 is 45.9. The minimum absolute atomic E-state index is 0.102. The zero-order valence-corrected chi connectivity index (χ0v) is 9.05. The van der Waals surface area contributed by atoms with E-state index in [9.17, 15) is 13.2 Å². The second-order valence-corrected chi connectivity index (χ2v) is 3.80. The predicted octanol–water partition coefficient (Wildman–Crippen LogP) is 2.93. The van der Waals surface area contributed by atoms with Crippen molar-refractivity contribution < 1.29 is 17.9 Å². The number of halogens is 3. The van der Waals surface area contributed by atoms with Crippen molar-refractivity contribution in [2.75, 3.05) is 5.73 Å². The van der Waals surface area contributed by atoms with Gasteiger partial charge in [0.1, 0.15) is 6.33 Å². The first-order valence-electron chi connectivity index (χ1n) is 4.38. The number of alkyl halides is 3. The molecule has 0 saturated heterocycles. The fraction of sp³-hybridized carbons (Fsp3) is 0.111. The van der Waals surface area contributed by atoms with E-state index < -0.39 is 11.7 Å². The van der Waals surface area contributed by atoms with Gasteiger partial charge in [-0.3, -0.25) is 0 Å². The van der Waals surface area contributed by atoms with Crippen LogP contribution in [0.4, 0.5) is 18.9 Å². The van der Waals surface area contributed by atoms with Gasteiger partial charge in [-0.15, -0.1) is 0 Å². The van der Waals surface area contributed by atoms with Crippen molar-refractivity contribution in [2.45, 2.75) is 6.18 Å².